The topological polar surface area (TPSA) is 74.1 Å². The summed E-state index contributed by atoms with van der Waals surface area (Å²) in [5.74, 6) is 0.947. The number of ether oxygens (including phenoxy) is 1. The summed E-state index contributed by atoms with van der Waals surface area (Å²) in [4.78, 5) is 12.2. The van der Waals surface area contributed by atoms with Crippen LogP contribution in [0.4, 0.5) is 5.69 Å². The zero-order chi connectivity index (χ0) is 20.5. The van der Waals surface area contributed by atoms with Gasteiger partial charge in [-0.15, -0.1) is 0 Å². The van der Waals surface area contributed by atoms with Crippen molar-refractivity contribution in [1.29, 1.82) is 5.26 Å². The van der Waals surface area contributed by atoms with E-state index in [9.17, 15) is 10.1 Å². The van der Waals surface area contributed by atoms with Crippen LogP contribution in [0.3, 0.4) is 0 Å². The molecule has 0 fully saturated rings. The standard InChI is InChI=1S/C23H18ClN3O2/c24-22-9-5-4-6-17(22)15-27-23(28)18(14-25)16-26-19-10-12-21(13-11-19)29-20-7-2-1-3-8-20/h1-13,16,26H,15H2,(H,27,28)/b18-16-. The van der Waals surface area contributed by atoms with Gasteiger partial charge in [0.25, 0.3) is 5.91 Å². The van der Waals surface area contributed by atoms with Gasteiger partial charge in [-0.25, -0.2) is 0 Å². The van der Waals surface area contributed by atoms with Crippen LogP contribution < -0.4 is 15.4 Å². The molecule has 0 atom stereocenters. The molecule has 5 nitrogen and oxygen atoms in total. The second kappa shape index (κ2) is 9.98. The molecular weight excluding hydrogens is 386 g/mol. The molecule has 0 bridgehead atoms. The highest BCUT2D eigenvalue weighted by atomic mass is 35.5. The Morgan fingerprint density at radius 2 is 1.62 bits per heavy atom. The van der Waals surface area contributed by atoms with Crippen LogP contribution in [0.5, 0.6) is 11.5 Å². The summed E-state index contributed by atoms with van der Waals surface area (Å²) in [7, 11) is 0. The maximum Gasteiger partial charge on any atom is 0.263 e. The maximum atomic E-state index is 12.2. The van der Waals surface area contributed by atoms with E-state index in [4.69, 9.17) is 16.3 Å². The average molecular weight is 404 g/mol. The Balaban J connectivity index is 1.57. The molecule has 0 aliphatic carbocycles. The number of rotatable bonds is 7. The Labute approximate surface area is 174 Å². The maximum absolute atomic E-state index is 12.2. The lowest BCUT2D eigenvalue weighted by Crippen LogP contribution is -2.24. The van der Waals surface area contributed by atoms with Crippen molar-refractivity contribution in [3.05, 3.63) is 101 Å². The van der Waals surface area contributed by atoms with E-state index in [1.54, 1.807) is 30.3 Å². The molecule has 0 aliphatic heterocycles. The zero-order valence-electron chi connectivity index (χ0n) is 15.4. The number of nitrogens with zero attached hydrogens (tertiary/aromatic N) is 1. The lowest BCUT2D eigenvalue weighted by Gasteiger charge is -2.08. The van der Waals surface area contributed by atoms with Gasteiger partial charge in [0.2, 0.25) is 0 Å². The Morgan fingerprint density at radius 3 is 2.31 bits per heavy atom. The number of para-hydroxylation sites is 1. The number of carbonyl (C=O) groups excluding carboxylic acids is 1. The SMILES string of the molecule is N#C/C(=C/Nc1ccc(Oc2ccccc2)cc1)C(=O)NCc1ccccc1Cl. The number of hydrogen-bond acceptors (Lipinski definition) is 4. The van der Waals surface area contributed by atoms with Crippen molar-refractivity contribution >= 4 is 23.2 Å². The first kappa shape index (κ1) is 20.0. The largest absolute Gasteiger partial charge is 0.457 e. The molecule has 0 spiro atoms. The summed E-state index contributed by atoms with van der Waals surface area (Å²) in [6, 6.07) is 25.8. The van der Waals surface area contributed by atoms with Crippen LogP contribution in [0, 0.1) is 11.3 Å². The van der Waals surface area contributed by atoms with Gasteiger partial charge in [-0.05, 0) is 48.0 Å². The minimum absolute atomic E-state index is 0.0401. The van der Waals surface area contributed by atoms with Crippen molar-refractivity contribution in [2.24, 2.45) is 0 Å². The van der Waals surface area contributed by atoms with E-state index in [1.807, 2.05) is 54.6 Å². The monoisotopic (exact) mass is 403 g/mol. The van der Waals surface area contributed by atoms with E-state index in [0.717, 1.165) is 17.0 Å². The quantitative estimate of drug-likeness (QED) is 0.416. The van der Waals surface area contributed by atoms with Crippen molar-refractivity contribution < 1.29 is 9.53 Å². The summed E-state index contributed by atoms with van der Waals surface area (Å²) in [5.41, 5.74) is 1.46. The second-order valence-corrected chi connectivity index (χ2v) is 6.43. The molecule has 2 N–H and O–H groups in total. The third kappa shape index (κ3) is 5.86. The number of carbonyl (C=O) groups is 1. The number of halogens is 1. The van der Waals surface area contributed by atoms with Crippen LogP contribution in [0.25, 0.3) is 0 Å². The molecule has 0 radical (unpaired) electrons. The van der Waals surface area contributed by atoms with Gasteiger partial charge >= 0.3 is 0 Å². The number of benzene rings is 3. The smallest absolute Gasteiger partial charge is 0.263 e. The Morgan fingerprint density at radius 1 is 0.966 bits per heavy atom. The van der Waals surface area contributed by atoms with Crippen LogP contribution in [-0.4, -0.2) is 5.91 Å². The third-order valence-electron chi connectivity index (χ3n) is 3.98. The van der Waals surface area contributed by atoms with E-state index in [0.29, 0.717) is 10.8 Å². The fraction of sp³-hybridized carbons (Fsp3) is 0.0435. The molecule has 0 saturated heterocycles. The molecule has 0 aliphatic rings. The van der Waals surface area contributed by atoms with Crippen LogP contribution in [-0.2, 0) is 11.3 Å². The van der Waals surface area contributed by atoms with E-state index >= 15 is 0 Å². The fourth-order valence-corrected chi connectivity index (χ4v) is 2.66. The normalized spacial score (nSPS) is 10.7. The number of hydrogen-bond donors (Lipinski definition) is 2. The van der Waals surface area contributed by atoms with Gasteiger partial charge in [0.1, 0.15) is 23.1 Å². The van der Waals surface area contributed by atoms with Gasteiger partial charge in [-0.3, -0.25) is 4.79 Å². The number of anilines is 1. The zero-order valence-corrected chi connectivity index (χ0v) is 16.2. The van der Waals surface area contributed by atoms with Gasteiger partial charge in [0.15, 0.2) is 0 Å². The van der Waals surface area contributed by atoms with Gasteiger partial charge in [0, 0.05) is 23.5 Å². The molecule has 0 heterocycles. The summed E-state index contributed by atoms with van der Waals surface area (Å²) in [6.07, 6.45) is 1.37. The third-order valence-corrected chi connectivity index (χ3v) is 4.35. The van der Waals surface area contributed by atoms with Crippen molar-refractivity contribution in [1.82, 2.24) is 5.32 Å². The molecule has 3 rings (SSSR count). The molecule has 0 unspecified atom stereocenters. The summed E-state index contributed by atoms with van der Waals surface area (Å²) < 4.78 is 5.73. The first-order valence-corrected chi connectivity index (χ1v) is 9.25. The Kier molecular flexibility index (Phi) is 6.88. The molecule has 6 heteroatoms. The van der Waals surface area contributed by atoms with E-state index < -0.39 is 5.91 Å². The molecule has 0 aromatic heterocycles. The first-order chi connectivity index (χ1) is 14.2. The van der Waals surface area contributed by atoms with Crippen molar-refractivity contribution in [2.75, 3.05) is 5.32 Å². The van der Waals surface area contributed by atoms with Crippen molar-refractivity contribution in [3.8, 4) is 17.6 Å². The molecule has 29 heavy (non-hydrogen) atoms. The van der Waals surface area contributed by atoms with Gasteiger partial charge in [-0.1, -0.05) is 48.0 Å². The summed E-state index contributed by atoms with van der Waals surface area (Å²) in [5, 5.41) is 15.5. The van der Waals surface area contributed by atoms with Crippen LogP contribution in [0.15, 0.2) is 90.6 Å². The minimum Gasteiger partial charge on any atom is -0.457 e. The predicted octanol–water partition coefficient (Wildman–Crippen LogP) is 5.27. The minimum atomic E-state index is -0.482. The van der Waals surface area contributed by atoms with E-state index in [2.05, 4.69) is 10.6 Å². The highest BCUT2D eigenvalue weighted by Crippen LogP contribution is 2.22. The van der Waals surface area contributed by atoms with Gasteiger partial charge < -0.3 is 15.4 Å². The van der Waals surface area contributed by atoms with Crippen LogP contribution in [0.2, 0.25) is 5.02 Å². The number of amides is 1. The lowest BCUT2D eigenvalue weighted by atomic mass is 10.2. The molecule has 1 amide bonds. The van der Waals surface area contributed by atoms with Gasteiger partial charge in [-0.2, -0.15) is 5.26 Å². The number of nitriles is 1. The Hall–Kier alpha value is -3.75. The van der Waals surface area contributed by atoms with Gasteiger partial charge in [0.05, 0.1) is 0 Å². The molecule has 3 aromatic carbocycles. The van der Waals surface area contributed by atoms with E-state index in [1.165, 1.54) is 6.20 Å². The van der Waals surface area contributed by atoms with Crippen LogP contribution in [0.1, 0.15) is 5.56 Å². The highest BCUT2D eigenvalue weighted by Gasteiger charge is 2.09. The Bertz CT molecular complexity index is 1040. The first-order valence-electron chi connectivity index (χ1n) is 8.87. The number of nitrogens with one attached hydrogen (secondary N) is 2. The highest BCUT2D eigenvalue weighted by molar-refractivity contribution is 6.31. The van der Waals surface area contributed by atoms with Crippen molar-refractivity contribution in [2.45, 2.75) is 6.54 Å². The van der Waals surface area contributed by atoms with E-state index in [-0.39, 0.29) is 12.1 Å². The fourth-order valence-electron chi connectivity index (χ4n) is 2.46. The average Bonchev–Trinajstić information content (AvgIpc) is 2.75. The molecule has 3 aromatic rings. The molecular formula is C23H18ClN3O2. The van der Waals surface area contributed by atoms with Crippen LogP contribution >= 0.6 is 11.6 Å². The summed E-state index contributed by atoms with van der Waals surface area (Å²) >= 11 is 6.07. The summed E-state index contributed by atoms with van der Waals surface area (Å²) in [6.45, 7) is 0.239. The van der Waals surface area contributed by atoms with Crippen molar-refractivity contribution in [3.63, 3.8) is 0 Å². The second-order valence-electron chi connectivity index (χ2n) is 6.03. The molecule has 0 saturated carbocycles. The lowest BCUT2D eigenvalue weighted by molar-refractivity contribution is -0.117. The predicted molar refractivity (Wildman–Crippen MR) is 114 cm³/mol. The molecule has 144 valence electrons.